The van der Waals surface area contributed by atoms with E-state index >= 15 is 0 Å². The normalized spacial score (nSPS) is 12.9. The fourth-order valence-corrected chi connectivity index (χ4v) is 20.1. The van der Waals surface area contributed by atoms with Gasteiger partial charge >= 0.3 is 0 Å². The molecule has 119 heavy (non-hydrogen) atoms. The molecule has 8 heterocycles. The summed E-state index contributed by atoms with van der Waals surface area (Å²) in [4.78, 5) is 21.4. The van der Waals surface area contributed by atoms with Crippen LogP contribution < -0.4 is 0 Å². The molecule has 10 heteroatoms. The van der Waals surface area contributed by atoms with Gasteiger partial charge < -0.3 is 17.7 Å². The quantitative estimate of drug-likeness (QED) is 0.162. The summed E-state index contributed by atoms with van der Waals surface area (Å²) in [6, 6.07) is 124. The van der Waals surface area contributed by atoms with Crippen LogP contribution in [-0.4, -0.2) is 29.1 Å². The maximum absolute atomic E-state index is 7.13. The Morgan fingerprint density at radius 2 is 0.630 bits per heavy atom. The summed E-state index contributed by atoms with van der Waals surface area (Å²) in [7, 11) is 0. The second kappa shape index (κ2) is 24.6. The van der Waals surface area contributed by atoms with Crippen molar-refractivity contribution in [3.8, 4) is 67.8 Å². The van der Waals surface area contributed by atoms with Gasteiger partial charge in [0, 0.05) is 92.3 Å². The van der Waals surface area contributed by atoms with E-state index in [4.69, 9.17) is 37.6 Å². The number of aromatic nitrogens is 6. The fraction of sp³-hybridized carbons (Fsp3) is 0.0275. The molecule has 0 saturated carbocycles. The number of furan rings is 4. The first-order chi connectivity index (χ1) is 58.8. The Morgan fingerprint density at radius 1 is 0.227 bits per heavy atom. The van der Waals surface area contributed by atoms with Gasteiger partial charge in [-0.05, 0) is 151 Å². The molecule has 0 radical (unpaired) electrons. The SMILES string of the molecule is CC1(C)c2ccccc2-c2ccc(-c3nc(-n4c5ccccc5c5c6oc7cc(-c8cccc9c8oc8ccccc89)c8ccccc8c7c6ccc54)nc4ccccc34)cc21.c1ccc2cc(-c3nc(-n4c5ccccc5c5c6oc7cc(-c8cccc9c8oc8ccccc89)c8ccccc8c7c6ccc54)nc4ccccc34)ccc2c1. The smallest absolute Gasteiger partial charge is 0.235 e. The van der Waals surface area contributed by atoms with E-state index in [-0.39, 0.29) is 5.41 Å². The van der Waals surface area contributed by atoms with Gasteiger partial charge in [0.15, 0.2) is 0 Å². The van der Waals surface area contributed by atoms with Crippen LogP contribution in [0.25, 0.3) is 253 Å². The maximum Gasteiger partial charge on any atom is 0.235 e. The molecule has 0 aliphatic heterocycles. The summed E-state index contributed by atoms with van der Waals surface area (Å²) in [6.45, 7) is 4.65. The molecule has 1 aliphatic rings. The average Bonchev–Trinajstić information content (AvgIpc) is 1.55. The van der Waals surface area contributed by atoms with Gasteiger partial charge in [-0.2, -0.15) is 0 Å². The van der Waals surface area contributed by atoms with Crippen molar-refractivity contribution in [1.29, 1.82) is 0 Å². The summed E-state index contributed by atoms with van der Waals surface area (Å²) in [5, 5.41) is 22.0. The lowest BCUT2D eigenvalue weighted by atomic mass is 9.82. The van der Waals surface area contributed by atoms with Crippen LogP contribution in [0.15, 0.2) is 370 Å². The van der Waals surface area contributed by atoms with E-state index in [0.717, 1.165) is 219 Å². The van der Waals surface area contributed by atoms with E-state index in [0.29, 0.717) is 11.9 Å². The second-order valence-electron chi connectivity index (χ2n) is 32.1. The second-order valence-corrected chi connectivity index (χ2v) is 32.1. The van der Waals surface area contributed by atoms with Gasteiger partial charge in [0.1, 0.15) is 44.7 Å². The summed E-state index contributed by atoms with van der Waals surface area (Å²) in [5.41, 5.74) is 26.0. The van der Waals surface area contributed by atoms with Gasteiger partial charge in [-0.1, -0.05) is 281 Å². The number of para-hydroxylation sites is 8. The zero-order valence-corrected chi connectivity index (χ0v) is 64.3. The minimum atomic E-state index is -0.134. The third kappa shape index (κ3) is 9.42. The maximum atomic E-state index is 7.13. The Hall–Kier alpha value is -15.8. The highest BCUT2D eigenvalue weighted by Gasteiger charge is 2.36. The third-order valence-electron chi connectivity index (χ3n) is 25.4. The molecule has 8 aromatic heterocycles. The molecule has 0 amide bonds. The monoisotopic (exact) mass is 1520 g/mol. The summed E-state index contributed by atoms with van der Waals surface area (Å²) < 4.78 is 31.7. The molecule has 0 saturated heterocycles. The van der Waals surface area contributed by atoms with Crippen molar-refractivity contribution in [2.75, 3.05) is 0 Å². The Morgan fingerprint density at radius 3 is 1.18 bits per heavy atom. The molecule has 27 rings (SSSR count). The lowest BCUT2D eigenvalue weighted by Crippen LogP contribution is -2.15. The van der Waals surface area contributed by atoms with Gasteiger partial charge in [-0.15, -0.1) is 0 Å². The molecular formula is C109H64N6O4. The predicted molar refractivity (Wildman–Crippen MR) is 489 cm³/mol. The Balaban J connectivity index is 0.000000130. The van der Waals surface area contributed by atoms with E-state index in [1.165, 1.54) is 33.0 Å². The molecule has 18 aromatic carbocycles. The third-order valence-corrected chi connectivity index (χ3v) is 25.4. The van der Waals surface area contributed by atoms with Gasteiger partial charge in [0.25, 0.3) is 0 Å². The van der Waals surface area contributed by atoms with Gasteiger partial charge in [0.2, 0.25) is 11.9 Å². The van der Waals surface area contributed by atoms with Crippen molar-refractivity contribution in [3.05, 3.63) is 363 Å². The van der Waals surface area contributed by atoms with Crippen LogP contribution in [0.2, 0.25) is 0 Å². The van der Waals surface area contributed by atoms with Crippen LogP contribution in [0.1, 0.15) is 25.0 Å². The highest BCUT2D eigenvalue weighted by atomic mass is 16.3. The molecule has 10 nitrogen and oxygen atoms in total. The van der Waals surface area contributed by atoms with Crippen LogP contribution in [0.5, 0.6) is 0 Å². The van der Waals surface area contributed by atoms with Crippen LogP contribution in [0.3, 0.4) is 0 Å². The average molecular weight is 1520 g/mol. The van der Waals surface area contributed by atoms with Gasteiger partial charge in [0.05, 0.1) is 55.3 Å². The van der Waals surface area contributed by atoms with E-state index < -0.39 is 0 Å². The van der Waals surface area contributed by atoms with Crippen molar-refractivity contribution >= 4 is 185 Å². The number of fused-ring (bicyclic) bond motifs is 30. The molecule has 26 aromatic rings. The van der Waals surface area contributed by atoms with E-state index in [1.807, 2.05) is 30.3 Å². The molecular weight excluding hydrogens is 1460 g/mol. The van der Waals surface area contributed by atoms with E-state index in [9.17, 15) is 0 Å². The number of benzene rings is 18. The van der Waals surface area contributed by atoms with Crippen molar-refractivity contribution in [3.63, 3.8) is 0 Å². The zero-order chi connectivity index (χ0) is 78.0. The molecule has 0 fully saturated rings. The molecule has 0 unspecified atom stereocenters. The van der Waals surface area contributed by atoms with Crippen LogP contribution in [0, 0.1) is 0 Å². The largest absolute Gasteiger partial charge is 0.455 e. The highest BCUT2D eigenvalue weighted by Crippen LogP contribution is 2.53. The molecule has 0 bridgehead atoms. The van der Waals surface area contributed by atoms with E-state index in [1.54, 1.807) is 0 Å². The predicted octanol–water partition coefficient (Wildman–Crippen LogP) is 29.5. The molecule has 0 atom stereocenters. The summed E-state index contributed by atoms with van der Waals surface area (Å²) in [6.07, 6.45) is 0. The number of hydrogen-bond acceptors (Lipinski definition) is 8. The van der Waals surface area contributed by atoms with Crippen LogP contribution in [-0.2, 0) is 5.41 Å². The Kier molecular flexibility index (Phi) is 13.6. The van der Waals surface area contributed by atoms with Crippen molar-refractivity contribution in [1.82, 2.24) is 29.1 Å². The molecule has 0 spiro atoms. The number of nitrogens with zero attached hydrogens (tertiary/aromatic N) is 6. The Bertz CT molecular complexity index is 8950. The summed E-state index contributed by atoms with van der Waals surface area (Å²) >= 11 is 0. The van der Waals surface area contributed by atoms with Crippen LogP contribution >= 0.6 is 0 Å². The molecule has 1 aliphatic carbocycles. The zero-order valence-electron chi connectivity index (χ0n) is 64.3. The minimum Gasteiger partial charge on any atom is -0.455 e. The van der Waals surface area contributed by atoms with Gasteiger partial charge in [-0.25, -0.2) is 19.9 Å². The number of rotatable bonds is 6. The first-order valence-corrected chi connectivity index (χ1v) is 40.5. The van der Waals surface area contributed by atoms with Crippen molar-refractivity contribution in [2.45, 2.75) is 19.3 Å². The first-order valence-electron chi connectivity index (χ1n) is 40.5. The number of hydrogen-bond donors (Lipinski definition) is 0. The molecule has 0 N–H and O–H groups in total. The Labute approximate surface area is 677 Å². The van der Waals surface area contributed by atoms with E-state index in [2.05, 4.69) is 344 Å². The topological polar surface area (TPSA) is 114 Å². The fourth-order valence-electron chi connectivity index (χ4n) is 20.1. The first kappa shape index (κ1) is 65.6. The van der Waals surface area contributed by atoms with Crippen molar-refractivity contribution < 1.29 is 17.7 Å². The highest BCUT2D eigenvalue weighted by molar-refractivity contribution is 6.32. The lowest BCUT2D eigenvalue weighted by Gasteiger charge is -2.22. The van der Waals surface area contributed by atoms with Crippen LogP contribution in [0.4, 0.5) is 0 Å². The lowest BCUT2D eigenvalue weighted by molar-refractivity contribution is 0.660. The molecule has 554 valence electrons. The van der Waals surface area contributed by atoms with Crippen molar-refractivity contribution in [2.24, 2.45) is 0 Å². The van der Waals surface area contributed by atoms with Gasteiger partial charge in [-0.3, -0.25) is 9.13 Å². The minimum absolute atomic E-state index is 0.134. The standard InChI is InChI=1S/C57H35N3O2.C52H29N3O2/c1-57(2)44-22-9-5-15-34(44)35-27-26-32(30-45(35)57)53-40-18-6-10-23-46(40)58-56(59-53)60-47-24-11-7-19-41(47)52-48(60)29-28-42-51-37-17-4-3-14-33(37)43(31-50(51)62-55(42)52)39-21-13-20-38-36-16-8-12-25-49(36)61-54(38)39;1-2-13-31-28-32(25-24-30(31)12-1)49-38-17-5-8-21-42(38)53-52(54-49)55-43-22-9-6-18-39(43)48-44(55)27-26-40-47-35-16-4-3-14-33(35)41(29-46(47)57-51(40)48)37-20-11-19-36-34-15-7-10-23-45(34)56-50(36)37/h3-31H,1-2H3;1-29H. The summed E-state index contributed by atoms with van der Waals surface area (Å²) in [5.74, 6) is 1.24.